The first-order chi connectivity index (χ1) is 4.86. The Morgan fingerprint density at radius 1 is 1.40 bits per heavy atom. The molecule has 51 valence electrons. The van der Waals surface area contributed by atoms with E-state index in [1.54, 1.807) is 0 Å². The van der Waals surface area contributed by atoms with E-state index in [1.165, 1.54) is 4.90 Å². The molecule has 0 aliphatic carbocycles. The van der Waals surface area contributed by atoms with Crippen molar-refractivity contribution in [3.05, 3.63) is 24.3 Å². The Hall–Kier alpha value is -0.630. The summed E-state index contributed by atoms with van der Waals surface area (Å²) in [7, 11) is 0. The number of hydrogen-bond donors (Lipinski definition) is 0. The van der Waals surface area contributed by atoms with Crippen LogP contribution >= 0.6 is 11.8 Å². The lowest BCUT2D eigenvalue weighted by molar-refractivity contribution is 0.865. The van der Waals surface area contributed by atoms with E-state index in [1.807, 2.05) is 17.8 Å². The lowest BCUT2D eigenvalue weighted by Crippen LogP contribution is -2.00. The Morgan fingerprint density at radius 2 is 2.20 bits per heavy atom. The van der Waals surface area contributed by atoms with Gasteiger partial charge in [0.25, 0.3) is 0 Å². The maximum absolute atomic E-state index is 4.42. The van der Waals surface area contributed by atoms with E-state index in [4.69, 9.17) is 0 Å². The van der Waals surface area contributed by atoms with Crippen LogP contribution in [0.15, 0.2) is 29.2 Å². The molecule has 0 spiro atoms. The largest absolute Gasteiger partial charge is 0.270 e. The van der Waals surface area contributed by atoms with Crippen LogP contribution in [0.4, 0.5) is 5.69 Å². The zero-order valence-electron chi connectivity index (χ0n) is 5.74. The summed E-state index contributed by atoms with van der Waals surface area (Å²) >= 11 is 1.82. The van der Waals surface area contributed by atoms with Gasteiger partial charge in [0.15, 0.2) is 0 Å². The van der Waals surface area contributed by atoms with Crippen molar-refractivity contribution in [1.29, 1.82) is 0 Å². The summed E-state index contributed by atoms with van der Waals surface area (Å²) in [6, 6.07) is 8.26. The van der Waals surface area contributed by atoms with Crippen LogP contribution in [0.5, 0.6) is 0 Å². The molecule has 1 aliphatic rings. The lowest BCUT2D eigenvalue weighted by atomic mass is 10.3. The van der Waals surface area contributed by atoms with Crippen LogP contribution in [0.1, 0.15) is 6.92 Å². The zero-order chi connectivity index (χ0) is 6.97. The third kappa shape index (κ3) is 0.886. The van der Waals surface area contributed by atoms with Gasteiger partial charge in [-0.15, -0.1) is 0 Å². The first-order valence-electron chi connectivity index (χ1n) is 3.33. The molecule has 10 heavy (non-hydrogen) atoms. The van der Waals surface area contributed by atoms with Crippen molar-refractivity contribution in [1.82, 2.24) is 5.32 Å². The molecule has 1 radical (unpaired) electrons. The minimum atomic E-state index is 0.414. The maximum atomic E-state index is 4.42. The van der Waals surface area contributed by atoms with Crippen molar-refractivity contribution in [3.8, 4) is 0 Å². The van der Waals surface area contributed by atoms with Gasteiger partial charge in [0.1, 0.15) is 0 Å². The zero-order valence-corrected chi connectivity index (χ0v) is 6.56. The van der Waals surface area contributed by atoms with Gasteiger partial charge >= 0.3 is 0 Å². The van der Waals surface area contributed by atoms with Gasteiger partial charge in [0, 0.05) is 4.90 Å². The van der Waals surface area contributed by atoms with Gasteiger partial charge in [-0.1, -0.05) is 23.9 Å². The maximum Gasteiger partial charge on any atom is 0.0977 e. The summed E-state index contributed by atoms with van der Waals surface area (Å²) in [6.07, 6.45) is 0. The normalized spacial score (nSPS) is 21.9. The second kappa shape index (κ2) is 2.20. The number of nitrogens with zero attached hydrogens (tertiary/aromatic N) is 1. The lowest BCUT2D eigenvalue weighted by Gasteiger charge is -1.94. The van der Waals surface area contributed by atoms with E-state index in [9.17, 15) is 0 Å². The molecule has 1 heterocycles. The molecule has 0 fully saturated rings. The molecule has 0 aromatic heterocycles. The van der Waals surface area contributed by atoms with Gasteiger partial charge in [0.2, 0.25) is 0 Å². The molecular formula is C8H8NS. The highest BCUT2D eigenvalue weighted by Crippen LogP contribution is 2.37. The molecule has 2 heteroatoms. The van der Waals surface area contributed by atoms with E-state index in [0.717, 1.165) is 5.69 Å². The fourth-order valence-electron chi connectivity index (χ4n) is 1.07. The van der Waals surface area contributed by atoms with E-state index >= 15 is 0 Å². The molecule has 0 saturated carbocycles. The van der Waals surface area contributed by atoms with E-state index in [2.05, 4.69) is 30.4 Å². The quantitative estimate of drug-likeness (QED) is 0.553. The van der Waals surface area contributed by atoms with Crippen LogP contribution in [0.3, 0.4) is 0 Å². The minimum absolute atomic E-state index is 0.414. The van der Waals surface area contributed by atoms with Gasteiger partial charge in [-0.3, -0.25) is 5.32 Å². The summed E-state index contributed by atoms with van der Waals surface area (Å²) in [5.74, 6) is 0. The van der Waals surface area contributed by atoms with Gasteiger partial charge < -0.3 is 0 Å². The highest BCUT2D eigenvalue weighted by Gasteiger charge is 2.17. The summed E-state index contributed by atoms with van der Waals surface area (Å²) in [4.78, 5) is 1.31. The standard InChI is InChI=1S/C8H8NS/c1-6-9-7-4-2-3-5-8(7)10-6/h2-6H,1H3. The summed E-state index contributed by atoms with van der Waals surface area (Å²) in [5, 5.41) is 4.83. The number of rotatable bonds is 0. The Balaban J connectivity index is 2.42. The highest BCUT2D eigenvalue weighted by atomic mass is 32.2. The fourth-order valence-corrected chi connectivity index (χ4v) is 2.00. The Kier molecular flexibility index (Phi) is 1.34. The van der Waals surface area contributed by atoms with Crippen LogP contribution < -0.4 is 5.32 Å². The number of benzene rings is 1. The molecule has 1 aromatic carbocycles. The Morgan fingerprint density at radius 3 is 3.00 bits per heavy atom. The van der Waals surface area contributed by atoms with Crippen molar-refractivity contribution in [3.63, 3.8) is 0 Å². The van der Waals surface area contributed by atoms with Crippen LogP contribution in [-0.4, -0.2) is 5.37 Å². The van der Waals surface area contributed by atoms with Crippen molar-refractivity contribution < 1.29 is 0 Å². The second-order valence-electron chi connectivity index (χ2n) is 2.31. The average molecular weight is 150 g/mol. The number of para-hydroxylation sites is 1. The van der Waals surface area contributed by atoms with Crippen LogP contribution in [0, 0.1) is 0 Å². The first kappa shape index (κ1) is 6.10. The molecule has 0 saturated heterocycles. The summed E-state index contributed by atoms with van der Waals surface area (Å²) in [6.45, 7) is 2.12. The predicted octanol–water partition coefficient (Wildman–Crippen LogP) is 2.37. The van der Waals surface area contributed by atoms with Crippen molar-refractivity contribution in [2.45, 2.75) is 17.2 Å². The molecular weight excluding hydrogens is 142 g/mol. The predicted molar refractivity (Wildman–Crippen MR) is 43.6 cm³/mol. The Bertz CT molecular complexity index is 222. The summed E-state index contributed by atoms with van der Waals surface area (Å²) < 4.78 is 0. The van der Waals surface area contributed by atoms with Gasteiger partial charge in [0.05, 0.1) is 11.1 Å². The van der Waals surface area contributed by atoms with Crippen LogP contribution in [-0.2, 0) is 0 Å². The average Bonchev–Trinajstić information content (AvgIpc) is 2.27. The van der Waals surface area contributed by atoms with Crippen LogP contribution in [0.25, 0.3) is 0 Å². The van der Waals surface area contributed by atoms with Crippen molar-refractivity contribution >= 4 is 17.4 Å². The second-order valence-corrected chi connectivity index (χ2v) is 3.67. The number of fused-ring (bicyclic) bond motifs is 1. The molecule has 1 atom stereocenters. The monoisotopic (exact) mass is 150 g/mol. The molecule has 1 unspecified atom stereocenters. The van der Waals surface area contributed by atoms with Crippen LogP contribution in [0.2, 0.25) is 0 Å². The molecule has 2 rings (SSSR count). The molecule has 0 amide bonds. The molecule has 1 nitrogen and oxygen atoms in total. The van der Waals surface area contributed by atoms with Crippen molar-refractivity contribution in [2.24, 2.45) is 0 Å². The minimum Gasteiger partial charge on any atom is -0.270 e. The molecule has 1 aromatic rings. The summed E-state index contributed by atoms with van der Waals surface area (Å²) in [5.41, 5.74) is 1.15. The van der Waals surface area contributed by atoms with E-state index in [0.29, 0.717) is 5.37 Å². The third-order valence-electron chi connectivity index (χ3n) is 1.48. The third-order valence-corrected chi connectivity index (χ3v) is 2.53. The smallest absolute Gasteiger partial charge is 0.0977 e. The fraction of sp³-hybridized carbons (Fsp3) is 0.250. The molecule has 1 aliphatic heterocycles. The molecule has 0 N–H and O–H groups in total. The van der Waals surface area contributed by atoms with E-state index < -0.39 is 0 Å². The van der Waals surface area contributed by atoms with Gasteiger partial charge in [-0.25, -0.2) is 0 Å². The SMILES string of the molecule is CC1[N]c2ccccc2S1. The van der Waals surface area contributed by atoms with Gasteiger partial charge in [-0.05, 0) is 19.1 Å². The number of thioether (sulfide) groups is 1. The number of hydrogen-bond acceptors (Lipinski definition) is 1. The van der Waals surface area contributed by atoms with E-state index in [-0.39, 0.29) is 0 Å². The highest BCUT2D eigenvalue weighted by molar-refractivity contribution is 8.00. The Labute approximate surface area is 64.8 Å². The van der Waals surface area contributed by atoms with Crippen molar-refractivity contribution in [2.75, 3.05) is 0 Å². The topological polar surface area (TPSA) is 14.1 Å². The molecule has 0 bridgehead atoms. The van der Waals surface area contributed by atoms with Gasteiger partial charge in [-0.2, -0.15) is 0 Å². The first-order valence-corrected chi connectivity index (χ1v) is 4.21.